The van der Waals surface area contributed by atoms with E-state index in [9.17, 15) is 14.4 Å². The summed E-state index contributed by atoms with van der Waals surface area (Å²) in [5.74, 6) is -1.23. The van der Waals surface area contributed by atoms with Crippen LogP contribution in [0.1, 0.15) is 37.2 Å². The lowest BCUT2D eigenvalue weighted by atomic mass is 10.1. The van der Waals surface area contributed by atoms with Gasteiger partial charge in [-0.05, 0) is 73.5 Å². The van der Waals surface area contributed by atoms with Crippen molar-refractivity contribution >= 4 is 80.9 Å². The first-order chi connectivity index (χ1) is 25.1. The van der Waals surface area contributed by atoms with Crippen LogP contribution in [0, 0.1) is 13.8 Å². The number of hydrogen-bond acceptors (Lipinski definition) is 6. The molecule has 0 fully saturated rings. The van der Waals surface area contributed by atoms with Crippen LogP contribution in [0.2, 0.25) is 10.0 Å². The summed E-state index contributed by atoms with van der Waals surface area (Å²) in [6.45, 7) is 4.03. The Kier molecular flexibility index (Phi) is 11.9. The molecule has 7 nitrogen and oxygen atoms in total. The molecule has 11 heteroatoms. The molecule has 3 N–H and O–H groups in total. The maximum absolute atomic E-state index is 13.8. The molecule has 1 aromatic heterocycles. The molecule has 1 unspecified atom stereocenters. The molecule has 3 amide bonds. The van der Waals surface area contributed by atoms with Crippen LogP contribution in [-0.2, 0) is 9.59 Å². The number of carbonyl (C=O) groups is 3. The van der Waals surface area contributed by atoms with Crippen LogP contribution in [0.15, 0.2) is 138 Å². The van der Waals surface area contributed by atoms with Crippen molar-refractivity contribution < 1.29 is 14.4 Å². The number of anilines is 2. The summed E-state index contributed by atoms with van der Waals surface area (Å²) in [7, 11) is 0. The van der Waals surface area contributed by atoms with Crippen LogP contribution in [0.25, 0.3) is 17.3 Å². The minimum Gasteiger partial charge on any atom is -0.321 e. The SMILES string of the molecule is Cc1ccc(-c2nc(NC(=O)C(Sc3ccc(NC(=O)/C(=C/c4cccc(Cl)c4Cl)NC(=O)c4ccccc4)cc3)c3ccccc3)sc2C)cc1. The zero-order chi connectivity index (χ0) is 36.6. The second-order valence-corrected chi connectivity index (χ2v) is 14.9. The molecule has 6 rings (SSSR count). The summed E-state index contributed by atoms with van der Waals surface area (Å²) in [4.78, 5) is 47.0. The third-order valence-electron chi connectivity index (χ3n) is 7.87. The van der Waals surface area contributed by atoms with Crippen LogP contribution < -0.4 is 16.0 Å². The predicted molar refractivity (Wildman–Crippen MR) is 214 cm³/mol. The molecule has 0 aliphatic carbocycles. The van der Waals surface area contributed by atoms with Crippen LogP contribution in [0.5, 0.6) is 0 Å². The molecule has 260 valence electrons. The number of hydrogen-bond donors (Lipinski definition) is 3. The fraction of sp³-hybridized carbons (Fsp3) is 0.0732. The van der Waals surface area contributed by atoms with Crippen molar-refractivity contribution in [3.8, 4) is 11.3 Å². The van der Waals surface area contributed by atoms with Crippen LogP contribution in [-0.4, -0.2) is 22.7 Å². The normalized spacial score (nSPS) is 11.8. The third kappa shape index (κ3) is 9.18. The largest absolute Gasteiger partial charge is 0.321 e. The average Bonchev–Trinajstić information content (AvgIpc) is 3.52. The van der Waals surface area contributed by atoms with E-state index in [4.69, 9.17) is 28.2 Å². The van der Waals surface area contributed by atoms with Crippen molar-refractivity contribution in [2.45, 2.75) is 24.0 Å². The maximum Gasteiger partial charge on any atom is 0.272 e. The molecule has 0 aliphatic heterocycles. The molecule has 1 heterocycles. The van der Waals surface area contributed by atoms with Crippen molar-refractivity contribution in [2.75, 3.05) is 10.6 Å². The van der Waals surface area contributed by atoms with Gasteiger partial charge in [0.25, 0.3) is 11.8 Å². The molecule has 0 spiro atoms. The molecule has 1 atom stereocenters. The van der Waals surface area contributed by atoms with E-state index in [2.05, 4.69) is 16.0 Å². The molecular formula is C41H32Cl2N4O3S2. The van der Waals surface area contributed by atoms with Gasteiger partial charge in [0.2, 0.25) is 5.91 Å². The molecule has 0 radical (unpaired) electrons. The first-order valence-electron chi connectivity index (χ1n) is 16.1. The zero-order valence-electron chi connectivity index (χ0n) is 28.0. The van der Waals surface area contributed by atoms with Gasteiger partial charge in [0.05, 0.1) is 15.7 Å². The monoisotopic (exact) mass is 762 g/mol. The van der Waals surface area contributed by atoms with E-state index in [1.54, 1.807) is 60.7 Å². The molecule has 6 aromatic rings. The van der Waals surface area contributed by atoms with Crippen molar-refractivity contribution in [3.05, 3.63) is 170 Å². The number of rotatable bonds is 11. The Morgan fingerprint density at radius 2 is 1.44 bits per heavy atom. The van der Waals surface area contributed by atoms with Gasteiger partial charge in [-0.25, -0.2) is 4.98 Å². The highest BCUT2D eigenvalue weighted by Crippen LogP contribution is 2.38. The molecule has 0 aliphatic rings. The van der Waals surface area contributed by atoms with Crippen molar-refractivity contribution in [3.63, 3.8) is 0 Å². The summed E-state index contributed by atoms with van der Waals surface area (Å²) in [6.07, 6.45) is 1.48. The average molecular weight is 764 g/mol. The van der Waals surface area contributed by atoms with E-state index in [1.807, 2.05) is 80.6 Å². The number of benzene rings is 5. The Morgan fingerprint density at radius 3 is 2.13 bits per heavy atom. The lowest BCUT2D eigenvalue weighted by Crippen LogP contribution is -2.30. The Hall–Kier alpha value is -5.19. The number of thioether (sulfide) groups is 1. The molecule has 52 heavy (non-hydrogen) atoms. The van der Waals surface area contributed by atoms with Gasteiger partial charge in [0, 0.05) is 26.6 Å². The summed E-state index contributed by atoms with van der Waals surface area (Å²) < 4.78 is 0. The summed E-state index contributed by atoms with van der Waals surface area (Å²) in [5, 5.41) is 9.11. The predicted octanol–water partition coefficient (Wildman–Crippen LogP) is 10.6. The van der Waals surface area contributed by atoms with Crippen LogP contribution in [0.4, 0.5) is 10.8 Å². The van der Waals surface area contributed by atoms with Crippen LogP contribution in [0.3, 0.4) is 0 Å². The first kappa shape index (κ1) is 36.6. The summed E-state index contributed by atoms with van der Waals surface area (Å²) >= 11 is 15.4. The van der Waals surface area contributed by atoms with Crippen LogP contribution >= 0.6 is 46.3 Å². The number of aryl methyl sites for hydroxylation is 2. The lowest BCUT2D eigenvalue weighted by molar-refractivity contribution is -0.116. The van der Waals surface area contributed by atoms with E-state index in [1.165, 1.54) is 29.2 Å². The Morgan fingerprint density at radius 1 is 0.769 bits per heavy atom. The molecule has 0 bridgehead atoms. The fourth-order valence-electron chi connectivity index (χ4n) is 5.18. The van der Waals surface area contributed by atoms with Crippen molar-refractivity contribution in [1.29, 1.82) is 0 Å². The van der Waals surface area contributed by atoms with Gasteiger partial charge in [-0.3, -0.25) is 14.4 Å². The number of carbonyl (C=O) groups excluding carboxylic acids is 3. The van der Waals surface area contributed by atoms with E-state index in [-0.39, 0.29) is 16.6 Å². The van der Waals surface area contributed by atoms with E-state index in [0.29, 0.717) is 27.0 Å². The quantitative estimate of drug-likeness (QED) is 0.0901. The Bertz CT molecular complexity index is 2240. The highest BCUT2D eigenvalue weighted by Gasteiger charge is 2.24. The van der Waals surface area contributed by atoms with E-state index >= 15 is 0 Å². The second-order valence-electron chi connectivity index (χ2n) is 11.7. The highest BCUT2D eigenvalue weighted by molar-refractivity contribution is 8.00. The number of aromatic nitrogens is 1. The topological polar surface area (TPSA) is 100 Å². The first-order valence-corrected chi connectivity index (χ1v) is 18.6. The van der Waals surface area contributed by atoms with E-state index < -0.39 is 17.1 Å². The molecular weight excluding hydrogens is 732 g/mol. The van der Waals surface area contributed by atoms with Gasteiger partial charge in [-0.2, -0.15) is 0 Å². The minimum absolute atomic E-state index is 0.0276. The summed E-state index contributed by atoms with van der Waals surface area (Å²) in [5.41, 5.74) is 5.13. The van der Waals surface area contributed by atoms with Crippen molar-refractivity contribution in [2.24, 2.45) is 0 Å². The lowest BCUT2D eigenvalue weighted by Gasteiger charge is -2.17. The van der Waals surface area contributed by atoms with Gasteiger partial charge < -0.3 is 16.0 Å². The third-order valence-corrected chi connectivity index (χ3v) is 10.9. The Labute approximate surface area is 320 Å². The van der Waals surface area contributed by atoms with E-state index in [0.717, 1.165) is 32.2 Å². The highest BCUT2D eigenvalue weighted by atomic mass is 35.5. The number of nitrogens with one attached hydrogen (secondary N) is 3. The fourth-order valence-corrected chi connectivity index (χ4v) is 7.41. The molecule has 0 saturated heterocycles. The van der Waals surface area contributed by atoms with Gasteiger partial charge in [-0.15, -0.1) is 23.1 Å². The maximum atomic E-state index is 13.8. The zero-order valence-corrected chi connectivity index (χ0v) is 31.2. The smallest absolute Gasteiger partial charge is 0.272 e. The summed E-state index contributed by atoms with van der Waals surface area (Å²) in [6, 6.07) is 38.4. The Balaban J connectivity index is 1.19. The number of halogens is 2. The minimum atomic E-state index is -0.584. The number of amides is 3. The second kappa shape index (κ2) is 16.9. The van der Waals surface area contributed by atoms with Gasteiger partial charge in [0.1, 0.15) is 10.9 Å². The van der Waals surface area contributed by atoms with Gasteiger partial charge in [0.15, 0.2) is 5.13 Å². The van der Waals surface area contributed by atoms with Gasteiger partial charge in [-0.1, -0.05) is 114 Å². The number of thiazole rings is 1. The van der Waals surface area contributed by atoms with Crippen molar-refractivity contribution in [1.82, 2.24) is 10.3 Å². The van der Waals surface area contributed by atoms with Gasteiger partial charge >= 0.3 is 0 Å². The molecule has 0 saturated carbocycles. The number of nitrogens with zero attached hydrogens (tertiary/aromatic N) is 1. The standard InChI is InChI=1S/C41H32Cl2N4O3S2/c1-25-16-18-27(19-17-25)36-26(2)51-41(46-36)47-40(50)37(28-10-5-3-6-11-28)52-32-22-20-31(21-23-32)44-39(49)34(24-30-14-9-15-33(42)35(30)43)45-38(48)29-12-7-4-8-13-29/h3-24,37H,1-2H3,(H,44,49)(H,45,48)(H,46,47,50)/b34-24-. The molecule has 5 aromatic carbocycles.